The predicted octanol–water partition coefficient (Wildman–Crippen LogP) is 1.87. The normalized spacial score (nSPS) is 11.7. The van der Waals surface area contributed by atoms with Crippen molar-refractivity contribution in [2.75, 3.05) is 5.32 Å². The van der Waals surface area contributed by atoms with Crippen molar-refractivity contribution in [1.82, 2.24) is 5.16 Å². The quantitative estimate of drug-likeness (QED) is 0.833. The Morgan fingerprint density at radius 3 is 2.76 bits per heavy atom. The maximum Gasteiger partial charge on any atom is 0.339 e. The van der Waals surface area contributed by atoms with Gasteiger partial charge in [-0.3, -0.25) is 4.79 Å². The Kier molecular flexibility index (Phi) is 4.22. The first kappa shape index (κ1) is 14.6. The van der Waals surface area contributed by atoms with Crippen molar-refractivity contribution in [1.29, 1.82) is 0 Å². The van der Waals surface area contributed by atoms with Gasteiger partial charge in [-0.1, -0.05) is 11.2 Å². The highest BCUT2D eigenvalue weighted by atomic mass is 16.5. The summed E-state index contributed by atoms with van der Waals surface area (Å²) >= 11 is 0. The maximum atomic E-state index is 11.8. The number of ether oxygens (including phenoxy) is 1. The lowest BCUT2D eigenvalue weighted by molar-refractivity contribution is -0.123. The van der Waals surface area contributed by atoms with E-state index in [0.29, 0.717) is 5.76 Å². The first-order chi connectivity index (χ1) is 9.95. The van der Waals surface area contributed by atoms with E-state index >= 15 is 0 Å². The Morgan fingerprint density at radius 1 is 1.38 bits per heavy atom. The molecule has 2 aromatic rings. The van der Waals surface area contributed by atoms with Crippen LogP contribution in [0.25, 0.3) is 0 Å². The summed E-state index contributed by atoms with van der Waals surface area (Å²) in [4.78, 5) is 23.7. The van der Waals surface area contributed by atoms with Crippen LogP contribution in [0.5, 0.6) is 5.75 Å². The standard InChI is InChI=1S/C14H14N2O5/c1-8-6-12(16-21-8)15-13(18)9(2)20-14(19)10-4-3-5-11(17)7-10/h3-7,9,17H,1-2H3,(H,15,16,18). The van der Waals surface area contributed by atoms with E-state index < -0.39 is 18.0 Å². The number of carbonyl (C=O) groups is 2. The number of aryl methyl sites for hydroxylation is 1. The van der Waals surface area contributed by atoms with E-state index in [1.54, 1.807) is 13.0 Å². The van der Waals surface area contributed by atoms with Crippen LogP contribution in [0, 0.1) is 6.92 Å². The molecule has 1 aromatic heterocycles. The van der Waals surface area contributed by atoms with Crippen LogP contribution < -0.4 is 5.32 Å². The molecule has 0 aliphatic carbocycles. The van der Waals surface area contributed by atoms with Gasteiger partial charge in [0, 0.05) is 6.07 Å². The van der Waals surface area contributed by atoms with E-state index in [1.165, 1.54) is 31.2 Å². The third-order valence-electron chi connectivity index (χ3n) is 2.61. The molecular formula is C14H14N2O5. The molecule has 0 bridgehead atoms. The third-order valence-corrected chi connectivity index (χ3v) is 2.61. The van der Waals surface area contributed by atoms with Crippen LogP contribution in [0.3, 0.4) is 0 Å². The minimum Gasteiger partial charge on any atom is -0.508 e. The van der Waals surface area contributed by atoms with Gasteiger partial charge in [0.1, 0.15) is 11.5 Å². The number of aromatic hydroxyl groups is 1. The van der Waals surface area contributed by atoms with Crippen molar-refractivity contribution in [3.63, 3.8) is 0 Å². The van der Waals surface area contributed by atoms with Crippen LogP contribution in [0.2, 0.25) is 0 Å². The smallest absolute Gasteiger partial charge is 0.339 e. The lowest BCUT2D eigenvalue weighted by Crippen LogP contribution is -2.30. The SMILES string of the molecule is Cc1cc(NC(=O)C(C)OC(=O)c2cccc(O)c2)no1. The van der Waals surface area contributed by atoms with Crippen LogP contribution in [-0.4, -0.2) is 28.2 Å². The number of nitrogens with zero attached hydrogens (tertiary/aromatic N) is 1. The van der Waals surface area contributed by atoms with Crippen LogP contribution in [-0.2, 0) is 9.53 Å². The number of benzene rings is 1. The number of anilines is 1. The third kappa shape index (κ3) is 3.82. The number of hydrogen-bond donors (Lipinski definition) is 2. The minimum absolute atomic E-state index is 0.0559. The topological polar surface area (TPSA) is 102 Å². The Hall–Kier alpha value is -2.83. The zero-order valence-electron chi connectivity index (χ0n) is 11.5. The van der Waals surface area contributed by atoms with Crippen molar-refractivity contribution < 1.29 is 24.0 Å². The van der Waals surface area contributed by atoms with E-state index in [-0.39, 0.29) is 17.1 Å². The first-order valence-electron chi connectivity index (χ1n) is 6.20. The zero-order valence-corrected chi connectivity index (χ0v) is 11.5. The molecule has 7 nitrogen and oxygen atoms in total. The van der Waals surface area contributed by atoms with Gasteiger partial charge in [-0.2, -0.15) is 0 Å². The van der Waals surface area contributed by atoms with E-state index in [1.807, 2.05) is 0 Å². The number of aromatic nitrogens is 1. The molecule has 0 saturated carbocycles. The van der Waals surface area contributed by atoms with Gasteiger partial charge in [0.15, 0.2) is 11.9 Å². The summed E-state index contributed by atoms with van der Waals surface area (Å²) in [5, 5.41) is 15.4. The number of nitrogens with one attached hydrogen (secondary N) is 1. The molecule has 7 heteroatoms. The van der Waals surface area contributed by atoms with E-state index in [2.05, 4.69) is 10.5 Å². The van der Waals surface area contributed by atoms with Gasteiger partial charge < -0.3 is 19.7 Å². The lowest BCUT2D eigenvalue weighted by atomic mass is 10.2. The Balaban J connectivity index is 1.95. The number of esters is 1. The average Bonchev–Trinajstić information content (AvgIpc) is 2.84. The molecule has 1 amide bonds. The molecule has 110 valence electrons. The summed E-state index contributed by atoms with van der Waals surface area (Å²) in [6.45, 7) is 3.12. The van der Waals surface area contributed by atoms with Crippen molar-refractivity contribution in [2.45, 2.75) is 20.0 Å². The molecule has 2 rings (SSSR count). The molecule has 0 fully saturated rings. The molecule has 21 heavy (non-hydrogen) atoms. The lowest BCUT2D eigenvalue weighted by Gasteiger charge is -2.12. The highest BCUT2D eigenvalue weighted by Crippen LogP contribution is 2.13. The fourth-order valence-electron chi connectivity index (χ4n) is 1.57. The van der Waals surface area contributed by atoms with Crippen LogP contribution >= 0.6 is 0 Å². The summed E-state index contributed by atoms with van der Waals surface area (Å²) in [6, 6.07) is 7.22. The Bertz CT molecular complexity index is 665. The molecule has 1 atom stereocenters. The minimum atomic E-state index is -1.02. The van der Waals surface area contributed by atoms with Crippen molar-refractivity contribution in [3.05, 3.63) is 41.7 Å². The number of phenolic OH excluding ortho intramolecular Hbond substituents is 1. The van der Waals surface area contributed by atoms with Gasteiger partial charge in [0.05, 0.1) is 5.56 Å². The molecule has 1 unspecified atom stereocenters. The number of amides is 1. The van der Waals surface area contributed by atoms with E-state index in [0.717, 1.165) is 0 Å². The highest BCUT2D eigenvalue weighted by Gasteiger charge is 2.20. The van der Waals surface area contributed by atoms with Gasteiger partial charge in [-0.15, -0.1) is 0 Å². The molecule has 2 N–H and O–H groups in total. The molecule has 0 saturated heterocycles. The van der Waals surface area contributed by atoms with Crippen LogP contribution in [0.1, 0.15) is 23.0 Å². The molecule has 0 radical (unpaired) electrons. The summed E-state index contributed by atoms with van der Waals surface area (Å²) in [5.41, 5.74) is 0.159. The van der Waals surface area contributed by atoms with Crippen molar-refractivity contribution >= 4 is 17.7 Å². The monoisotopic (exact) mass is 290 g/mol. The van der Waals surface area contributed by atoms with Crippen LogP contribution in [0.4, 0.5) is 5.82 Å². The van der Waals surface area contributed by atoms with Crippen molar-refractivity contribution in [3.8, 4) is 5.75 Å². The summed E-state index contributed by atoms with van der Waals surface area (Å²) in [7, 11) is 0. The van der Waals surface area contributed by atoms with E-state index in [9.17, 15) is 14.7 Å². The molecule has 0 aliphatic rings. The van der Waals surface area contributed by atoms with Gasteiger partial charge >= 0.3 is 5.97 Å². The van der Waals surface area contributed by atoms with Gasteiger partial charge in [-0.05, 0) is 32.0 Å². The molecule has 0 spiro atoms. The average molecular weight is 290 g/mol. The predicted molar refractivity (Wildman–Crippen MR) is 72.9 cm³/mol. The van der Waals surface area contributed by atoms with Gasteiger partial charge in [0.25, 0.3) is 5.91 Å². The summed E-state index contributed by atoms with van der Waals surface area (Å²) in [5.74, 6) is -0.492. The second kappa shape index (κ2) is 6.08. The molecular weight excluding hydrogens is 276 g/mol. The largest absolute Gasteiger partial charge is 0.508 e. The Labute approximate surface area is 120 Å². The van der Waals surface area contributed by atoms with Crippen molar-refractivity contribution in [2.24, 2.45) is 0 Å². The second-order valence-corrected chi connectivity index (χ2v) is 4.41. The molecule has 1 heterocycles. The fourth-order valence-corrected chi connectivity index (χ4v) is 1.57. The second-order valence-electron chi connectivity index (χ2n) is 4.41. The number of hydrogen-bond acceptors (Lipinski definition) is 6. The van der Waals surface area contributed by atoms with Crippen LogP contribution in [0.15, 0.2) is 34.9 Å². The van der Waals surface area contributed by atoms with E-state index in [4.69, 9.17) is 9.26 Å². The summed E-state index contributed by atoms with van der Waals surface area (Å²) in [6.07, 6.45) is -1.02. The molecule has 0 aliphatic heterocycles. The van der Waals surface area contributed by atoms with Gasteiger partial charge in [0.2, 0.25) is 0 Å². The van der Waals surface area contributed by atoms with Gasteiger partial charge in [-0.25, -0.2) is 4.79 Å². The number of rotatable bonds is 4. The first-order valence-corrected chi connectivity index (χ1v) is 6.20. The summed E-state index contributed by atoms with van der Waals surface area (Å²) < 4.78 is 9.82. The highest BCUT2D eigenvalue weighted by molar-refractivity contribution is 5.96. The zero-order chi connectivity index (χ0) is 15.4. The number of carbonyl (C=O) groups excluding carboxylic acids is 2. The maximum absolute atomic E-state index is 11.8. The number of phenols is 1. The fraction of sp³-hybridized carbons (Fsp3) is 0.214. The molecule has 1 aromatic carbocycles. The Morgan fingerprint density at radius 2 is 2.14 bits per heavy atom.